The summed E-state index contributed by atoms with van der Waals surface area (Å²) < 4.78 is 11.1. The van der Waals surface area contributed by atoms with Crippen molar-refractivity contribution >= 4 is 0 Å². The number of aliphatic hydroxyl groups is 5. The maximum absolute atomic E-state index is 10.1. The molecule has 0 aromatic rings. The summed E-state index contributed by atoms with van der Waals surface area (Å²) in [4.78, 5) is 0. The van der Waals surface area contributed by atoms with E-state index in [4.69, 9.17) is 9.47 Å². The van der Waals surface area contributed by atoms with Gasteiger partial charge < -0.3 is 35.0 Å². The third kappa shape index (κ3) is 4.84. The first-order valence-corrected chi connectivity index (χ1v) is 9.40. The molecule has 7 nitrogen and oxygen atoms in total. The minimum Gasteiger partial charge on any atom is -0.394 e. The number of hydrogen-bond donors (Lipinski definition) is 5. The van der Waals surface area contributed by atoms with Gasteiger partial charge in [0.1, 0.15) is 24.4 Å². The summed E-state index contributed by atoms with van der Waals surface area (Å²) in [6.07, 6.45) is -3.86. The molecule has 7 atom stereocenters. The molecule has 1 aliphatic heterocycles. The monoisotopic (exact) mass is 374 g/mol. The van der Waals surface area contributed by atoms with Gasteiger partial charge in [-0.25, -0.2) is 0 Å². The molecule has 0 aromatic heterocycles. The van der Waals surface area contributed by atoms with Gasteiger partial charge in [-0.15, -0.1) is 0 Å². The van der Waals surface area contributed by atoms with Crippen molar-refractivity contribution in [1.29, 1.82) is 0 Å². The van der Waals surface area contributed by atoms with Gasteiger partial charge in [0.15, 0.2) is 6.29 Å². The van der Waals surface area contributed by atoms with Crippen LogP contribution in [0.25, 0.3) is 0 Å². The summed E-state index contributed by atoms with van der Waals surface area (Å²) >= 11 is 0. The molecule has 0 unspecified atom stereocenters. The van der Waals surface area contributed by atoms with Gasteiger partial charge in [0, 0.05) is 0 Å². The zero-order valence-electron chi connectivity index (χ0n) is 16.1. The Balaban J connectivity index is 1.94. The zero-order valence-corrected chi connectivity index (χ0v) is 16.1. The van der Waals surface area contributed by atoms with Gasteiger partial charge in [0.2, 0.25) is 0 Å². The molecule has 1 heterocycles. The van der Waals surface area contributed by atoms with Crippen molar-refractivity contribution in [2.75, 3.05) is 6.61 Å². The van der Waals surface area contributed by atoms with E-state index in [0.717, 1.165) is 12.8 Å². The first kappa shape index (κ1) is 21.8. The topological polar surface area (TPSA) is 120 Å². The van der Waals surface area contributed by atoms with Gasteiger partial charge in [-0.2, -0.15) is 0 Å². The predicted molar refractivity (Wildman–Crippen MR) is 95.3 cm³/mol. The zero-order chi connectivity index (χ0) is 19.6. The SMILES string of the molecule is CC1=C(CC[C@H](C)O[C@H]2O[C@@H](CO)[C@H](O)[C@@H](O)[C@@H]2O)C(C)(C)C[C@@H](O)C1. The summed E-state index contributed by atoms with van der Waals surface area (Å²) in [5, 5.41) is 48.9. The third-order valence-electron chi connectivity index (χ3n) is 5.64. The molecule has 1 saturated heterocycles. The average Bonchev–Trinajstić information content (AvgIpc) is 2.53. The highest BCUT2D eigenvalue weighted by Crippen LogP contribution is 2.42. The van der Waals surface area contributed by atoms with Crippen LogP contribution in [0.3, 0.4) is 0 Å². The lowest BCUT2D eigenvalue weighted by Crippen LogP contribution is -2.59. The van der Waals surface area contributed by atoms with E-state index in [1.54, 1.807) is 0 Å². The molecule has 1 aliphatic carbocycles. The number of hydrogen-bond acceptors (Lipinski definition) is 7. The lowest BCUT2D eigenvalue weighted by atomic mass is 9.70. The number of rotatable bonds is 6. The summed E-state index contributed by atoms with van der Waals surface area (Å²) in [6.45, 7) is 7.72. The molecule has 5 N–H and O–H groups in total. The van der Waals surface area contributed by atoms with Gasteiger partial charge in [-0.1, -0.05) is 25.0 Å². The number of aliphatic hydroxyl groups excluding tert-OH is 5. The van der Waals surface area contributed by atoms with Crippen LogP contribution in [0.4, 0.5) is 0 Å². The van der Waals surface area contributed by atoms with Crippen LogP contribution in [0.15, 0.2) is 11.1 Å². The predicted octanol–water partition coefficient (Wildman–Crippen LogP) is 0.469. The van der Waals surface area contributed by atoms with Crippen LogP contribution >= 0.6 is 0 Å². The van der Waals surface area contributed by atoms with Crippen molar-refractivity contribution < 1.29 is 35.0 Å². The fraction of sp³-hybridized carbons (Fsp3) is 0.895. The second-order valence-electron chi connectivity index (χ2n) is 8.39. The van der Waals surface area contributed by atoms with Crippen molar-refractivity contribution in [3.63, 3.8) is 0 Å². The molecule has 2 aliphatic rings. The van der Waals surface area contributed by atoms with Crippen LogP contribution in [0.5, 0.6) is 0 Å². The van der Waals surface area contributed by atoms with Crippen molar-refractivity contribution in [2.45, 2.75) is 96.3 Å². The first-order valence-electron chi connectivity index (χ1n) is 9.40. The van der Waals surface area contributed by atoms with Crippen LogP contribution in [0.1, 0.15) is 53.4 Å². The lowest BCUT2D eigenvalue weighted by molar-refractivity contribution is -0.310. The highest BCUT2D eigenvalue weighted by atomic mass is 16.7. The highest BCUT2D eigenvalue weighted by molar-refractivity contribution is 5.24. The van der Waals surface area contributed by atoms with Crippen LogP contribution in [0, 0.1) is 5.41 Å². The maximum Gasteiger partial charge on any atom is 0.186 e. The van der Waals surface area contributed by atoms with Crippen molar-refractivity contribution in [3.8, 4) is 0 Å². The fourth-order valence-corrected chi connectivity index (χ4v) is 4.21. The minimum atomic E-state index is -1.43. The lowest BCUT2D eigenvalue weighted by Gasteiger charge is -2.41. The molecular weight excluding hydrogens is 340 g/mol. The van der Waals surface area contributed by atoms with Crippen molar-refractivity contribution in [2.24, 2.45) is 5.41 Å². The van der Waals surface area contributed by atoms with E-state index in [0.29, 0.717) is 12.8 Å². The minimum absolute atomic E-state index is 0.0649. The van der Waals surface area contributed by atoms with E-state index in [1.165, 1.54) is 11.1 Å². The number of allylic oxidation sites excluding steroid dienone is 1. The summed E-state index contributed by atoms with van der Waals surface area (Å²) in [6, 6.07) is 0. The van der Waals surface area contributed by atoms with Gasteiger partial charge in [-0.05, 0) is 44.9 Å². The van der Waals surface area contributed by atoms with Gasteiger partial charge >= 0.3 is 0 Å². The Morgan fingerprint density at radius 3 is 2.38 bits per heavy atom. The standard InChI is InChI=1S/C19H34O7/c1-10-7-12(21)8-19(3,4)13(10)6-5-11(2)25-18-17(24)16(23)15(22)14(9-20)26-18/h11-12,14-18,20-24H,5-9H2,1-4H3/t11-,12-,14-,15-,16+,17-,18-/m0/s1. The molecule has 0 aromatic carbocycles. The molecular formula is C19H34O7. The van der Waals surface area contributed by atoms with E-state index in [-0.39, 0.29) is 17.6 Å². The smallest absolute Gasteiger partial charge is 0.186 e. The second kappa shape index (κ2) is 8.65. The highest BCUT2D eigenvalue weighted by Gasteiger charge is 2.44. The summed E-state index contributed by atoms with van der Waals surface area (Å²) in [5.41, 5.74) is 2.48. The van der Waals surface area contributed by atoms with E-state index in [2.05, 4.69) is 20.8 Å². The first-order chi connectivity index (χ1) is 12.1. The molecule has 0 radical (unpaired) electrons. The molecule has 0 amide bonds. The molecule has 0 spiro atoms. The van der Waals surface area contributed by atoms with Gasteiger partial charge in [0.05, 0.1) is 18.8 Å². The molecule has 7 heteroatoms. The van der Waals surface area contributed by atoms with E-state index >= 15 is 0 Å². The second-order valence-corrected chi connectivity index (χ2v) is 8.39. The van der Waals surface area contributed by atoms with Crippen LogP contribution in [-0.2, 0) is 9.47 Å². The molecule has 0 saturated carbocycles. The van der Waals surface area contributed by atoms with Crippen LogP contribution in [-0.4, -0.2) is 75.1 Å². The normalized spacial score (nSPS) is 39.1. The van der Waals surface area contributed by atoms with Crippen molar-refractivity contribution in [1.82, 2.24) is 0 Å². The quantitative estimate of drug-likeness (QED) is 0.429. The average molecular weight is 374 g/mol. The van der Waals surface area contributed by atoms with Gasteiger partial charge in [0.25, 0.3) is 0 Å². The van der Waals surface area contributed by atoms with Crippen molar-refractivity contribution in [3.05, 3.63) is 11.1 Å². The largest absolute Gasteiger partial charge is 0.394 e. The third-order valence-corrected chi connectivity index (χ3v) is 5.64. The maximum atomic E-state index is 10.1. The molecule has 2 rings (SSSR count). The van der Waals surface area contributed by atoms with E-state index < -0.39 is 37.3 Å². The Labute approximate surface area is 155 Å². The molecule has 1 fully saturated rings. The van der Waals surface area contributed by atoms with E-state index in [9.17, 15) is 25.5 Å². The van der Waals surface area contributed by atoms with Crippen LogP contribution in [0.2, 0.25) is 0 Å². The van der Waals surface area contributed by atoms with E-state index in [1.807, 2.05) is 6.92 Å². The summed E-state index contributed by atoms with van der Waals surface area (Å²) in [7, 11) is 0. The Kier molecular flexibility index (Phi) is 7.23. The molecule has 152 valence electrons. The Hall–Kier alpha value is -0.540. The summed E-state index contributed by atoms with van der Waals surface area (Å²) in [5.74, 6) is 0. The Bertz CT molecular complexity index is 502. The number of ether oxygens (including phenoxy) is 2. The fourth-order valence-electron chi connectivity index (χ4n) is 4.21. The Morgan fingerprint density at radius 1 is 1.15 bits per heavy atom. The molecule has 0 bridgehead atoms. The Morgan fingerprint density at radius 2 is 1.81 bits per heavy atom. The van der Waals surface area contributed by atoms with Crippen LogP contribution < -0.4 is 0 Å². The van der Waals surface area contributed by atoms with Gasteiger partial charge in [-0.3, -0.25) is 0 Å². The molecule has 26 heavy (non-hydrogen) atoms.